The van der Waals surface area contributed by atoms with E-state index >= 15 is 0 Å². The number of ether oxygens (including phenoxy) is 2. The SMILES string of the molecule is O=C(Nc1ccc(CN(Cc2ccc(NC(=O)C3CCCN3C(=O)[C@@H](c3ccccc3)N3CCOCC3)cc2)c2ccccc2)cc1)C1CCCN1C(=O)[C@@H](c1ccccc1)N1CCOCC1. The van der Waals surface area contributed by atoms with Crippen molar-refractivity contribution >= 4 is 40.7 Å². The molecule has 0 aliphatic carbocycles. The Balaban J connectivity index is 0.822. The minimum Gasteiger partial charge on any atom is -0.379 e. The molecular weight excluding hydrogens is 843 g/mol. The Kier molecular flexibility index (Phi) is 15.0. The Hall–Kier alpha value is -6.38. The molecule has 5 aromatic carbocycles. The summed E-state index contributed by atoms with van der Waals surface area (Å²) in [5.41, 5.74) is 6.43. The molecule has 0 radical (unpaired) electrons. The molecule has 4 heterocycles. The van der Waals surface area contributed by atoms with Crippen LogP contribution in [0, 0.1) is 0 Å². The third-order valence-corrected chi connectivity index (χ3v) is 13.5. The zero-order chi connectivity index (χ0) is 46.0. The summed E-state index contributed by atoms with van der Waals surface area (Å²) in [7, 11) is 0. The minimum absolute atomic E-state index is 0.0392. The van der Waals surface area contributed by atoms with Crippen LogP contribution < -0.4 is 15.5 Å². The number of morpholine rings is 2. The van der Waals surface area contributed by atoms with Crippen molar-refractivity contribution in [1.82, 2.24) is 19.6 Å². The fourth-order valence-electron chi connectivity index (χ4n) is 10.0. The van der Waals surface area contributed by atoms with Crippen molar-refractivity contribution in [3.8, 4) is 0 Å². The summed E-state index contributed by atoms with van der Waals surface area (Å²) in [5.74, 6) is -0.426. The number of carbonyl (C=O) groups is 4. The van der Waals surface area contributed by atoms with Gasteiger partial charge in [0.1, 0.15) is 24.2 Å². The van der Waals surface area contributed by atoms with Crippen LogP contribution in [-0.4, -0.2) is 121 Å². The van der Waals surface area contributed by atoms with Crippen LogP contribution in [0.5, 0.6) is 0 Å². The number of nitrogens with zero attached hydrogens (tertiary/aromatic N) is 5. The molecule has 0 bridgehead atoms. The zero-order valence-electron chi connectivity index (χ0n) is 38.1. The largest absolute Gasteiger partial charge is 0.379 e. The van der Waals surface area contributed by atoms with Crippen molar-refractivity contribution in [3.63, 3.8) is 0 Å². The monoisotopic (exact) mass is 903 g/mol. The first-order chi connectivity index (χ1) is 32.9. The van der Waals surface area contributed by atoms with E-state index in [9.17, 15) is 19.2 Å². The van der Waals surface area contributed by atoms with E-state index in [2.05, 4.69) is 37.5 Å². The third-order valence-electron chi connectivity index (χ3n) is 13.5. The number of rotatable bonds is 15. The van der Waals surface area contributed by atoms with E-state index in [-0.39, 0.29) is 23.6 Å². The maximum absolute atomic E-state index is 14.3. The van der Waals surface area contributed by atoms with Crippen LogP contribution in [0.2, 0.25) is 0 Å². The fraction of sp³-hybridized carbons (Fsp3) is 0.370. The van der Waals surface area contributed by atoms with Crippen molar-refractivity contribution in [1.29, 1.82) is 0 Å². The van der Waals surface area contributed by atoms with Gasteiger partial charge in [-0.3, -0.25) is 29.0 Å². The molecule has 4 atom stereocenters. The van der Waals surface area contributed by atoms with Crippen molar-refractivity contribution in [2.45, 2.75) is 62.9 Å². The quantitative estimate of drug-likeness (QED) is 0.115. The second-order valence-corrected chi connectivity index (χ2v) is 17.9. The number of carbonyl (C=O) groups excluding carboxylic acids is 4. The first-order valence-electron chi connectivity index (χ1n) is 23.8. The Morgan fingerprint density at radius 1 is 0.493 bits per heavy atom. The van der Waals surface area contributed by atoms with E-state index in [4.69, 9.17) is 9.47 Å². The smallest absolute Gasteiger partial charge is 0.247 e. The highest BCUT2D eigenvalue weighted by atomic mass is 16.5. The van der Waals surface area contributed by atoms with Gasteiger partial charge in [-0.15, -0.1) is 0 Å². The van der Waals surface area contributed by atoms with Gasteiger partial charge in [0.2, 0.25) is 23.6 Å². The van der Waals surface area contributed by atoms with Crippen molar-refractivity contribution in [2.24, 2.45) is 0 Å². The number of amides is 4. The van der Waals surface area contributed by atoms with Crippen LogP contribution in [0.1, 0.15) is 60.0 Å². The lowest BCUT2D eigenvalue weighted by Crippen LogP contribution is -2.50. The summed E-state index contributed by atoms with van der Waals surface area (Å²) in [5, 5.41) is 6.23. The van der Waals surface area contributed by atoms with Crippen LogP contribution in [0.25, 0.3) is 0 Å². The van der Waals surface area contributed by atoms with E-state index < -0.39 is 24.2 Å². The highest BCUT2D eigenvalue weighted by Crippen LogP contribution is 2.32. The summed E-state index contributed by atoms with van der Waals surface area (Å²) < 4.78 is 11.2. The molecule has 4 amide bonds. The molecule has 67 heavy (non-hydrogen) atoms. The molecule has 5 aromatic rings. The van der Waals surface area contributed by atoms with Crippen molar-refractivity contribution in [3.05, 3.63) is 162 Å². The molecule has 0 saturated carbocycles. The molecule has 4 saturated heterocycles. The molecule has 13 nitrogen and oxygen atoms in total. The number of likely N-dealkylation sites (tertiary alicyclic amines) is 2. The van der Waals surface area contributed by atoms with Crippen LogP contribution in [0.3, 0.4) is 0 Å². The summed E-state index contributed by atoms with van der Waals surface area (Å²) in [6, 6.07) is 43.8. The predicted octanol–water partition coefficient (Wildman–Crippen LogP) is 6.90. The first-order valence-corrected chi connectivity index (χ1v) is 23.8. The van der Waals surface area contributed by atoms with Gasteiger partial charge in [-0.25, -0.2) is 0 Å². The highest BCUT2D eigenvalue weighted by Gasteiger charge is 2.42. The van der Waals surface area contributed by atoms with Gasteiger partial charge < -0.3 is 34.8 Å². The fourth-order valence-corrected chi connectivity index (χ4v) is 10.0. The second-order valence-electron chi connectivity index (χ2n) is 17.9. The van der Waals surface area contributed by atoms with Gasteiger partial charge in [0, 0.05) is 69.4 Å². The molecule has 4 aliphatic rings. The molecule has 4 fully saturated rings. The molecule has 2 unspecified atom stereocenters. The van der Waals surface area contributed by atoms with Gasteiger partial charge in [-0.2, -0.15) is 0 Å². The Morgan fingerprint density at radius 2 is 0.866 bits per heavy atom. The Labute approximate surface area is 393 Å². The van der Waals surface area contributed by atoms with Crippen LogP contribution in [-0.2, 0) is 41.7 Å². The molecule has 2 N–H and O–H groups in total. The molecule has 4 aliphatic heterocycles. The molecule has 13 heteroatoms. The standard InChI is InChI=1S/C54H61N7O6/c62-51(47-18-10-28-60(47)53(64)49(42-12-4-1-5-13-42)57-30-34-66-35-31-57)55-44-24-20-40(21-25-44)38-59(46-16-8-3-9-17-46)39-41-22-26-45(27-23-41)56-52(63)48-19-11-29-61(48)54(65)50(43-14-6-2-7-15-43)58-32-36-67-37-33-58/h1-9,12-17,20-27,47-50H,10-11,18-19,28-39H2,(H,55,62)(H,56,63)/t47?,48?,49-,50-/m1/s1. The molecular formula is C54H61N7O6. The maximum atomic E-state index is 14.3. The lowest BCUT2D eigenvalue weighted by molar-refractivity contribution is -0.143. The van der Waals surface area contributed by atoms with E-state index in [1.54, 1.807) is 9.80 Å². The second kappa shape index (κ2) is 21.9. The number of anilines is 3. The van der Waals surface area contributed by atoms with Gasteiger partial charge in [0.05, 0.1) is 26.4 Å². The molecule has 348 valence electrons. The summed E-state index contributed by atoms with van der Waals surface area (Å²) in [6.07, 6.45) is 2.77. The van der Waals surface area contributed by atoms with Crippen LogP contribution in [0.4, 0.5) is 17.1 Å². The first kappa shape index (κ1) is 45.8. The number of nitrogens with one attached hydrogen (secondary N) is 2. The van der Waals surface area contributed by atoms with Gasteiger partial charge in [0.15, 0.2) is 0 Å². The molecule has 0 spiro atoms. The highest BCUT2D eigenvalue weighted by molar-refractivity contribution is 5.99. The van der Waals surface area contributed by atoms with Crippen molar-refractivity contribution < 1.29 is 28.7 Å². The summed E-state index contributed by atoms with van der Waals surface area (Å²) in [4.78, 5) is 66.4. The summed E-state index contributed by atoms with van der Waals surface area (Å²) in [6.45, 7) is 7.27. The van der Waals surface area contributed by atoms with Gasteiger partial charge >= 0.3 is 0 Å². The topological polar surface area (TPSA) is 127 Å². The van der Waals surface area contributed by atoms with Crippen LogP contribution in [0.15, 0.2) is 140 Å². The lowest BCUT2D eigenvalue weighted by atomic mass is 10.0. The van der Waals surface area contributed by atoms with E-state index in [1.165, 1.54) is 0 Å². The number of benzene rings is 5. The number of hydrogen-bond acceptors (Lipinski definition) is 9. The summed E-state index contributed by atoms with van der Waals surface area (Å²) >= 11 is 0. The van der Waals surface area contributed by atoms with E-state index in [1.807, 2.05) is 127 Å². The average Bonchev–Trinajstić information content (AvgIpc) is 4.09. The number of para-hydroxylation sites is 1. The van der Waals surface area contributed by atoms with Gasteiger partial charge in [-0.1, -0.05) is 103 Å². The van der Waals surface area contributed by atoms with Gasteiger partial charge in [-0.05, 0) is 84.3 Å². The Bertz CT molecular complexity index is 2260. The van der Waals surface area contributed by atoms with E-state index in [0.717, 1.165) is 40.8 Å². The van der Waals surface area contributed by atoms with Crippen LogP contribution >= 0.6 is 0 Å². The predicted molar refractivity (Wildman–Crippen MR) is 259 cm³/mol. The number of hydrogen-bond donors (Lipinski definition) is 2. The Morgan fingerprint density at radius 3 is 1.25 bits per heavy atom. The molecule has 9 rings (SSSR count). The average molecular weight is 904 g/mol. The third kappa shape index (κ3) is 11.1. The van der Waals surface area contributed by atoms with Gasteiger partial charge in [0.25, 0.3) is 0 Å². The van der Waals surface area contributed by atoms with E-state index in [0.29, 0.717) is 103 Å². The maximum Gasteiger partial charge on any atom is 0.247 e. The minimum atomic E-state index is -0.549. The lowest BCUT2D eigenvalue weighted by Gasteiger charge is -2.37. The normalized spacial score (nSPS) is 19.9. The van der Waals surface area contributed by atoms with Crippen molar-refractivity contribution in [2.75, 3.05) is 81.2 Å². The molecule has 0 aromatic heterocycles. The zero-order valence-corrected chi connectivity index (χ0v) is 38.1.